The molecular formula is C37H21N3O5. The third-order valence-corrected chi connectivity index (χ3v) is 8.60. The largest absolute Gasteiger partial charge is 0.497 e. The second-order valence-electron chi connectivity index (χ2n) is 10.7. The molecule has 2 atom stereocenters. The van der Waals surface area contributed by atoms with E-state index in [0.29, 0.717) is 22.6 Å². The number of carbonyl (C=O) groups excluding carboxylic acids is 4. The minimum absolute atomic E-state index is 0.0407. The van der Waals surface area contributed by atoms with Gasteiger partial charge < -0.3 is 9.64 Å². The third-order valence-electron chi connectivity index (χ3n) is 8.60. The highest BCUT2D eigenvalue weighted by atomic mass is 16.5. The van der Waals surface area contributed by atoms with E-state index in [0.717, 1.165) is 0 Å². The summed E-state index contributed by atoms with van der Waals surface area (Å²) in [5.41, 5.74) is 1.56. The normalized spacial score (nSPS) is 18.7. The first-order valence-corrected chi connectivity index (χ1v) is 14.1. The molecule has 8 nitrogen and oxygen atoms in total. The van der Waals surface area contributed by atoms with E-state index in [1.54, 1.807) is 89.8 Å². The number of carbonyl (C=O) groups is 4. The minimum Gasteiger partial charge on any atom is -0.497 e. The number of nitriles is 2. The molecule has 0 amide bonds. The molecule has 0 bridgehead atoms. The molecule has 1 aliphatic heterocycles. The number of Topliss-reactive ketones (excluding diaryl/α,β-unsaturated/α-hetero) is 4. The van der Waals surface area contributed by atoms with Crippen LogP contribution in [0, 0.1) is 22.7 Å². The maximum Gasteiger partial charge on any atom is 0.204 e. The smallest absolute Gasteiger partial charge is 0.204 e. The van der Waals surface area contributed by atoms with Crippen molar-refractivity contribution in [3.63, 3.8) is 0 Å². The molecular weight excluding hydrogens is 566 g/mol. The number of benzene rings is 4. The molecule has 2 aliphatic carbocycles. The summed E-state index contributed by atoms with van der Waals surface area (Å²) in [6.07, 6.45) is 0. The van der Waals surface area contributed by atoms with Gasteiger partial charge in [-0.25, -0.2) is 0 Å². The molecule has 214 valence electrons. The van der Waals surface area contributed by atoms with Crippen molar-refractivity contribution in [1.82, 2.24) is 0 Å². The molecule has 0 fully saturated rings. The second-order valence-corrected chi connectivity index (χ2v) is 10.7. The van der Waals surface area contributed by atoms with Crippen molar-refractivity contribution in [1.29, 1.82) is 10.5 Å². The summed E-state index contributed by atoms with van der Waals surface area (Å²) in [6.45, 7) is 0. The van der Waals surface area contributed by atoms with Gasteiger partial charge in [0.25, 0.3) is 0 Å². The van der Waals surface area contributed by atoms with E-state index in [4.69, 9.17) is 4.74 Å². The van der Waals surface area contributed by atoms with E-state index in [1.165, 1.54) is 19.2 Å². The van der Waals surface area contributed by atoms with Crippen molar-refractivity contribution in [3.8, 4) is 17.9 Å². The van der Waals surface area contributed by atoms with E-state index in [9.17, 15) is 29.7 Å². The van der Waals surface area contributed by atoms with Crippen LogP contribution in [-0.4, -0.2) is 30.2 Å². The first-order chi connectivity index (χ1) is 21.9. The summed E-state index contributed by atoms with van der Waals surface area (Å²) >= 11 is 0. The maximum atomic E-state index is 14.3. The van der Waals surface area contributed by atoms with Gasteiger partial charge in [-0.3, -0.25) is 19.2 Å². The highest BCUT2D eigenvalue weighted by Gasteiger charge is 2.50. The van der Waals surface area contributed by atoms with Gasteiger partial charge in [-0.1, -0.05) is 72.8 Å². The van der Waals surface area contributed by atoms with Crippen LogP contribution in [-0.2, 0) is 0 Å². The Labute approximate surface area is 257 Å². The van der Waals surface area contributed by atoms with Crippen molar-refractivity contribution in [2.75, 3.05) is 12.0 Å². The maximum absolute atomic E-state index is 14.3. The zero-order chi connectivity index (χ0) is 31.4. The van der Waals surface area contributed by atoms with E-state index < -0.39 is 35.2 Å². The molecule has 1 heterocycles. The molecule has 3 aliphatic rings. The molecule has 0 aromatic heterocycles. The lowest BCUT2D eigenvalue weighted by molar-refractivity contribution is 0.0969. The van der Waals surface area contributed by atoms with Gasteiger partial charge in [-0.05, 0) is 35.4 Å². The molecule has 7 rings (SSSR count). The summed E-state index contributed by atoms with van der Waals surface area (Å²) < 4.78 is 5.37. The predicted octanol–water partition coefficient (Wildman–Crippen LogP) is 6.10. The number of ketones is 4. The number of hydrogen-bond donors (Lipinski definition) is 0. The summed E-state index contributed by atoms with van der Waals surface area (Å²) in [5, 5.41) is 20.6. The average Bonchev–Trinajstić information content (AvgIpc) is 3.42. The van der Waals surface area contributed by atoms with Crippen molar-refractivity contribution in [2.45, 2.75) is 12.1 Å². The predicted molar refractivity (Wildman–Crippen MR) is 163 cm³/mol. The van der Waals surface area contributed by atoms with Crippen LogP contribution in [0.4, 0.5) is 5.69 Å². The van der Waals surface area contributed by atoms with Crippen LogP contribution >= 0.6 is 0 Å². The van der Waals surface area contributed by atoms with Crippen molar-refractivity contribution < 1.29 is 23.9 Å². The molecule has 0 saturated carbocycles. The fraction of sp³-hybridized carbons (Fsp3) is 0.0811. The topological polar surface area (TPSA) is 128 Å². The van der Waals surface area contributed by atoms with Crippen LogP contribution in [0.25, 0.3) is 0 Å². The minimum atomic E-state index is -1.02. The Kier molecular flexibility index (Phi) is 6.35. The van der Waals surface area contributed by atoms with E-state index in [-0.39, 0.29) is 44.5 Å². The molecule has 0 saturated heterocycles. The van der Waals surface area contributed by atoms with Crippen LogP contribution < -0.4 is 9.64 Å². The summed E-state index contributed by atoms with van der Waals surface area (Å²) in [5.74, 6) is -1.59. The molecule has 4 aromatic rings. The van der Waals surface area contributed by atoms with E-state index in [1.807, 2.05) is 12.1 Å². The number of rotatable bonds is 4. The van der Waals surface area contributed by atoms with Crippen LogP contribution in [0.2, 0.25) is 0 Å². The lowest BCUT2D eigenvalue weighted by Crippen LogP contribution is -2.36. The number of methoxy groups -OCH3 is 1. The number of nitrogens with zero attached hydrogens (tertiary/aromatic N) is 3. The number of fused-ring (bicyclic) bond motifs is 3. The van der Waals surface area contributed by atoms with Gasteiger partial charge in [0.2, 0.25) is 11.6 Å². The Hall–Kier alpha value is -6.38. The second kappa shape index (κ2) is 10.4. The van der Waals surface area contributed by atoms with Crippen molar-refractivity contribution in [2.24, 2.45) is 0 Å². The summed E-state index contributed by atoms with van der Waals surface area (Å²) in [7, 11) is 1.52. The Morgan fingerprint density at radius 1 is 0.556 bits per heavy atom. The number of anilines is 1. The molecule has 2 unspecified atom stereocenters. The van der Waals surface area contributed by atoms with Gasteiger partial charge in [0, 0.05) is 39.1 Å². The van der Waals surface area contributed by atoms with Crippen LogP contribution in [0.5, 0.6) is 5.75 Å². The Balaban J connectivity index is 1.55. The first-order valence-electron chi connectivity index (χ1n) is 14.1. The third kappa shape index (κ3) is 3.90. The van der Waals surface area contributed by atoms with Crippen LogP contribution in [0.1, 0.15) is 64.6 Å². The van der Waals surface area contributed by atoms with Gasteiger partial charge in [0.15, 0.2) is 11.6 Å². The molecule has 8 heteroatoms. The summed E-state index contributed by atoms with van der Waals surface area (Å²) in [4.78, 5) is 57.7. The van der Waals surface area contributed by atoms with Gasteiger partial charge in [0.05, 0.1) is 19.2 Å². The van der Waals surface area contributed by atoms with Gasteiger partial charge >= 0.3 is 0 Å². The standard InChI is InChI=1S/C37H21N3O5/c1-45-21-16-14-20(15-17-21)40-32(30-28(18-38)34(41)24-10-4-6-12-26(24)36(30)43)22-8-2-3-9-23(22)33(40)31-29(19-39)35(42)25-11-5-7-13-27(25)37(31)44/h2-17,32-33H,1H3. The number of allylic oxidation sites excluding steroid dienone is 2. The SMILES string of the molecule is COc1ccc(N2C(C3=C(C#N)C(=O)c4ccccc4C3=O)c3ccccc3C2C2=C(C#N)C(=O)c3ccccc3C2=O)cc1. The molecule has 0 radical (unpaired) electrons. The van der Waals surface area contributed by atoms with Crippen molar-refractivity contribution >= 4 is 28.8 Å². The zero-order valence-corrected chi connectivity index (χ0v) is 23.8. The zero-order valence-electron chi connectivity index (χ0n) is 23.8. The van der Waals surface area contributed by atoms with E-state index in [2.05, 4.69) is 0 Å². The van der Waals surface area contributed by atoms with Crippen molar-refractivity contribution in [3.05, 3.63) is 153 Å². The molecule has 4 aromatic carbocycles. The van der Waals surface area contributed by atoms with E-state index >= 15 is 0 Å². The lowest BCUT2D eigenvalue weighted by atomic mass is 9.79. The number of ether oxygens (including phenoxy) is 1. The van der Waals surface area contributed by atoms with Gasteiger partial charge in [-0.15, -0.1) is 0 Å². The average molecular weight is 588 g/mol. The Morgan fingerprint density at radius 3 is 1.31 bits per heavy atom. The summed E-state index contributed by atoms with van der Waals surface area (Å²) in [6, 6.07) is 28.6. The molecule has 45 heavy (non-hydrogen) atoms. The Morgan fingerprint density at radius 2 is 0.933 bits per heavy atom. The lowest BCUT2D eigenvalue weighted by Gasteiger charge is -2.37. The molecule has 0 N–H and O–H groups in total. The fourth-order valence-corrected chi connectivity index (χ4v) is 6.63. The van der Waals surface area contributed by atoms with Crippen LogP contribution in [0.3, 0.4) is 0 Å². The highest BCUT2D eigenvalue weighted by Crippen LogP contribution is 2.54. The van der Waals surface area contributed by atoms with Gasteiger partial charge in [-0.2, -0.15) is 10.5 Å². The number of hydrogen-bond acceptors (Lipinski definition) is 8. The highest BCUT2D eigenvalue weighted by molar-refractivity contribution is 6.30. The quantitative estimate of drug-likeness (QED) is 0.280. The Bertz CT molecular complexity index is 2030. The molecule has 0 spiro atoms. The fourth-order valence-electron chi connectivity index (χ4n) is 6.63. The monoisotopic (exact) mass is 587 g/mol. The van der Waals surface area contributed by atoms with Gasteiger partial charge in [0.1, 0.15) is 29.0 Å². The first kappa shape index (κ1) is 27.5. The van der Waals surface area contributed by atoms with Crippen LogP contribution in [0.15, 0.2) is 119 Å².